The summed E-state index contributed by atoms with van der Waals surface area (Å²) in [6, 6.07) is 5.03. The van der Waals surface area contributed by atoms with Crippen LogP contribution in [0.3, 0.4) is 0 Å². The average molecular weight is 436 g/mol. The number of rotatable bonds is 9. The Kier molecular flexibility index (Phi) is 7.52. The van der Waals surface area contributed by atoms with Crippen LogP contribution in [0.25, 0.3) is 11.0 Å². The molecule has 0 unspecified atom stereocenters. The van der Waals surface area contributed by atoms with Crippen molar-refractivity contribution in [2.45, 2.75) is 63.7 Å². The largest absolute Gasteiger partial charge is 0.465 e. The Labute approximate surface area is 179 Å². The highest BCUT2D eigenvalue weighted by molar-refractivity contribution is 7.89. The lowest BCUT2D eigenvalue weighted by molar-refractivity contribution is -0.145. The van der Waals surface area contributed by atoms with Crippen molar-refractivity contribution < 1.29 is 17.9 Å². The third kappa shape index (κ3) is 5.03. The molecule has 1 fully saturated rings. The van der Waals surface area contributed by atoms with Crippen molar-refractivity contribution >= 4 is 27.0 Å². The van der Waals surface area contributed by atoms with Crippen LogP contribution in [0.5, 0.6) is 0 Å². The predicted octanol–water partition coefficient (Wildman–Crippen LogP) is 3.66. The van der Waals surface area contributed by atoms with Gasteiger partial charge in [-0.15, -0.1) is 0 Å². The molecule has 0 radical (unpaired) electrons. The standard InChI is InChI=1S/C22H33N3O4S/c1-4-25(5-2)30(27,28)18-11-12-20-19(15-18)23-21(24(20)3)13-14-22(26)29-16-17-9-7-6-8-10-17/h11-12,15,17H,4-10,13-14,16H2,1-3H3. The molecule has 30 heavy (non-hydrogen) atoms. The number of aromatic nitrogens is 2. The van der Waals surface area contributed by atoms with Gasteiger partial charge in [-0.2, -0.15) is 4.31 Å². The summed E-state index contributed by atoms with van der Waals surface area (Å²) in [5.74, 6) is 1.05. The number of carbonyl (C=O) groups is 1. The number of carbonyl (C=O) groups excluding carboxylic acids is 1. The second-order valence-electron chi connectivity index (χ2n) is 8.01. The first kappa shape index (κ1) is 22.7. The van der Waals surface area contributed by atoms with E-state index in [4.69, 9.17) is 4.74 Å². The van der Waals surface area contributed by atoms with Gasteiger partial charge >= 0.3 is 5.97 Å². The molecule has 1 aromatic heterocycles. The molecule has 0 amide bonds. The molecule has 1 aromatic carbocycles. The van der Waals surface area contributed by atoms with Crippen molar-refractivity contribution in [1.29, 1.82) is 0 Å². The van der Waals surface area contributed by atoms with E-state index in [0.717, 1.165) is 24.2 Å². The van der Waals surface area contributed by atoms with E-state index in [1.54, 1.807) is 18.2 Å². The predicted molar refractivity (Wildman–Crippen MR) is 117 cm³/mol. The van der Waals surface area contributed by atoms with E-state index in [1.807, 2.05) is 25.5 Å². The van der Waals surface area contributed by atoms with Gasteiger partial charge < -0.3 is 9.30 Å². The Morgan fingerprint density at radius 3 is 2.57 bits per heavy atom. The monoisotopic (exact) mass is 435 g/mol. The summed E-state index contributed by atoms with van der Waals surface area (Å²) >= 11 is 0. The van der Waals surface area contributed by atoms with Crippen LogP contribution in [0, 0.1) is 5.92 Å². The topological polar surface area (TPSA) is 81.5 Å². The van der Waals surface area contributed by atoms with E-state index < -0.39 is 10.0 Å². The zero-order chi connectivity index (χ0) is 21.7. The highest BCUT2D eigenvalue weighted by Gasteiger charge is 2.23. The number of imidazole rings is 1. The van der Waals surface area contributed by atoms with E-state index in [2.05, 4.69) is 4.98 Å². The number of sulfonamides is 1. The molecular formula is C22H33N3O4S. The molecule has 166 valence electrons. The summed E-state index contributed by atoms with van der Waals surface area (Å²) in [6.07, 6.45) is 6.78. The van der Waals surface area contributed by atoms with Crippen LogP contribution in [0.4, 0.5) is 0 Å². The van der Waals surface area contributed by atoms with Crippen LogP contribution in [-0.2, 0) is 33.0 Å². The molecule has 0 N–H and O–H groups in total. The summed E-state index contributed by atoms with van der Waals surface area (Å²) in [6.45, 7) is 5.02. The van der Waals surface area contributed by atoms with Gasteiger partial charge in [0.05, 0.1) is 29.0 Å². The smallest absolute Gasteiger partial charge is 0.306 e. The summed E-state index contributed by atoms with van der Waals surface area (Å²) < 4.78 is 34.4. The fourth-order valence-corrected chi connectivity index (χ4v) is 5.66. The van der Waals surface area contributed by atoms with Crippen LogP contribution in [0.2, 0.25) is 0 Å². The van der Waals surface area contributed by atoms with Gasteiger partial charge in [0.1, 0.15) is 5.82 Å². The molecule has 0 spiro atoms. The Morgan fingerprint density at radius 2 is 1.90 bits per heavy atom. The van der Waals surface area contributed by atoms with Gasteiger partial charge in [0.2, 0.25) is 10.0 Å². The van der Waals surface area contributed by atoms with Gasteiger partial charge in [-0.25, -0.2) is 13.4 Å². The molecule has 0 bridgehead atoms. The fraction of sp³-hybridized carbons (Fsp3) is 0.636. The van der Waals surface area contributed by atoms with Crippen molar-refractivity contribution in [2.24, 2.45) is 13.0 Å². The van der Waals surface area contributed by atoms with Crippen molar-refractivity contribution in [2.75, 3.05) is 19.7 Å². The molecule has 1 aliphatic rings. The summed E-state index contributed by atoms with van der Waals surface area (Å²) in [4.78, 5) is 17.0. The third-order valence-electron chi connectivity index (χ3n) is 6.05. The lowest BCUT2D eigenvalue weighted by atomic mass is 9.90. The minimum Gasteiger partial charge on any atom is -0.465 e. The number of ether oxygens (including phenoxy) is 1. The first-order valence-corrected chi connectivity index (χ1v) is 12.4. The normalized spacial score (nSPS) is 15.7. The lowest BCUT2D eigenvalue weighted by Gasteiger charge is -2.20. The number of esters is 1. The fourth-order valence-electron chi connectivity index (χ4n) is 4.18. The van der Waals surface area contributed by atoms with Gasteiger partial charge in [-0.1, -0.05) is 33.1 Å². The molecule has 2 aromatic rings. The molecule has 0 aliphatic heterocycles. The maximum Gasteiger partial charge on any atom is 0.306 e. The van der Waals surface area contributed by atoms with Crippen LogP contribution in [-0.4, -0.2) is 47.9 Å². The van der Waals surface area contributed by atoms with Crippen LogP contribution in [0.1, 0.15) is 58.2 Å². The Morgan fingerprint density at radius 1 is 1.20 bits per heavy atom. The number of hydrogen-bond donors (Lipinski definition) is 0. The molecule has 1 heterocycles. The van der Waals surface area contributed by atoms with Gasteiger partial charge in [0.25, 0.3) is 0 Å². The maximum absolute atomic E-state index is 12.8. The average Bonchev–Trinajstić information content (AvgIpc) is 3.07. The quantitative estimate of drug-likeness (QED) is 0.562. The Hall–Kier alpha value is -1.93. The molecular weight excluding hydrogens is 402 g/mol. The molecule has 7 nitrogen and oxygen atoms in total. The van der Waals surface area contributed by atoms with Gasteiger partial charge in [0, 0.05) is 26.6 Å². The number of fused-ring (bicyclic) bond motifs is 1. The first-order chi connectivity index (χ1) is 14.4. The van der Waals surface area contributed by atoms with Gasteiger partial charge in [0.15, 0.2) is 0 Å². The van der Waals surface area contributed by atoms with Crippen LogP contribution >= 0.6 is 0 Å². The summed E-state index contributed by atoms with van der Waals surface area (Å²) in [5.41, 5.74) is 1.47. The lowest BCUT2D eigenvalue weighted by Crippen LogP contribution is -2.30. The number of nitrogens with zero attached hydrogens (tertiary/aromatic N) is 3. The van der Waals surface area contributed by atoms with Gasteiger partial charge in [-0.3, -0.25) is 4.79 Å². The van der Waals surface area contributed by atoms with E-state index >= 15 is 0 Å². The number of aryl methyl sites for hydroxylation is 2. The van der Waals surface area contributed by atoms with Crippen molar-refractivity contribution in [3.63, 3.8) is 0 Å². The molecule has 1 aliphatic carbocycles. The van der Waals surface area contributed by atoms with Crippen molar-refractivity contribution in [1.82, 2.24) is 13.9 Å². The van der Waals surface area contributed by atoms with E-state index in [0.29, 0.717) is 37.6 Å². The Balaban J connectivity index is 1.66. The molecule has 0 saturated heterocycles. The maximum atomic E-state index is 12.8. The van der Waals surface area contributed by atoms with E-state index in [-0.39, 0.29) is 17.3 Å². The second kappa shape index (κ2) is 9.92. The first-order valence-electron chi connectivity index (χ1n) is 11.0. The van der Waals surface area contributed by atoms with E-state index in [1.165, 1.54) is 23.6 Å². The molecule has 8 heteroatoms. The number of benzene rings is 1. The molecule has 3 rings (SSSR count). The molecule has 0 atom stereocenters. The third-order valence-corrected chi connectivity index (χ3v) is 8.09. The highest BCUT2D eigenvalue weighted by atomic mass is 32.2. The SMILES string of the molecule is CCN(CC)S(=O)(=O)c1ccc2c(c1)nc(CCC(=O)OCC1CCCCC1)n2C. The summed E-state index contributed by atoms with van der Waals surface area (Å²) in [7, 11) is -1.64. The minimum atomic E-state index is -3.53. The minimum absolute atomic E-state index is 0.197. The number of hydrogen-bond acceptors (Lipinski definition) is 5. The zero-order valence-corrected chi connectivity index (χ0v) is 19.1. The molecule has 1 saturated carbocycles. The Bertz CT molecular complexity index is 974. The van der Waals surface area contributed by atoms with Gasteiger partial charge in [-0.05, 0) is 37.0 Å². The van der Waals surface area contributed by atoms with Crippen molar-refractivity contribution in [3.8, 4) is 0 Å². The highest BCUT2D eigenvalue weighted by Crippen LogP contribution is 2.25. The zero-order valence-electron chi connectivity index (χ0n) is 18.3. The van der Waals surface area contributed by atoms with E-state index in [9.17, 15) is 13.2 Å². The second-order valence-corrected chi connectivity index (χ2v) is 9.95. The summed E-state index contributed by atoms with van der Waals surface area (Å²) in [5, 5.41) is 0. The van der Waals surface area contributed by atoms with Crippen LogP contribution < -0.4 is 0 Å². The van der Waals surface area contributed by atoms with Crippen molar-refractivity contribution in [3.05, 3.63) is 24.0 Å². The van der Waals surface area contributed by atoms with Crippen LogP contribution in [0.15, 0.2) is 23.1 Å².